The van der Waals surface area contributed by atoms with Gasteiger partial charge in [0.05, 0.1) is 12.8 Å². The number of ether oxygens (including phenoxy) is 1. The molecule has 4 rings (SSSR count). The first-order chi connectivity index (χ1) is 14.1. The maximum absolute atomic E-state index is 12.6. The van der Waals surface area contributed by atoms with Crippen LogP contribution in [-0.4, -0.2) is 41.3 Å². The first kappa shape index (κ1) is 19.3. The number of rotatable bonds is 4. The lowest BCUT2D eigenvalue weighted by Crippen LogP contribution is -2.40. The van der Waals surface area contributed by atoms with Gasteiger partial charge in [-0.15, -0.1) is 0 Å². The number of nitrogens with zero attached hydrogens (tertiary/aromatic N) is 3. The maximum atomic E-state index is 12.6. The Hall–Kier alpha value is -3.06. The Morgan fingerprint density at radius 3 is 2.62 bits per heavy atom. The standard InChI is InChI=1S/C21H21ClN4O3/c1-28-18-5-3-2-4-17(18)23-21(27)26-12-10-15(11-13-26)20-24-19(25-29-20)14-6-8-16(22)9-7-14/h2-9,15H,10-13H2,1H3,(H,23,27). The molecule has 1 aromatic heterocycles. The molecule has 0 aliphatic carbocycles. The summed E-state index contributed by atoms with van der Waals surface area (Å²) in [6.07, 6.45) is 1.53. The minimum Gasteiger partial charge on any atom is -0.495 e. The highest BCUT2D eigenvalue weighted by Crippen LogP contribution is 2.30. The van der Waals surface area contributed by atoms with Crippen molar-refractivity contribution in [2.45, 2.75) is 18.8 Å². The largest absolute Gasteiger partial charge is 0.495 e. The third-order valence-corrected chi connectivity index (χ3v) is 5.28. The number of urea groups is 1. The minimum absolute atomic E-state index is 0.138. The van der Waals surface area contributed by atoms with Gasteiger partial charge in [-0.3, -0.25) is 0 Å². The molecule has 29 heavy (non-hydrogen) atoms. The quantitative estimate of drug-likeness (QED) is 0.665. The van der Waals surface area contributed by atoms with Crippen molar-refractivity contribution >= 4 is 23.3 Å². The highest BCUT2D eigenvalue weighted by atomic mass is 35.5. The Bertz CT molecular complexity index is 982. The van der Waals surface area contributed by atoms with Gasteiger partial charge in [-0.1, -0.05) is 28.9 Å². The number of carbonyl (C=O) groups excluding carboxylic acids is 1. The van der Waals surface area contributed by atoms with Crippen LogP contribution < -0.4 is 10.1 Å². The van der Waals surface area contributed by atoms with Gasteiger partial charge in [0, 0.05) is 29.6 Å². The number of likely N-dealkylation sites (tertiary alicyclic amines) is 1. The van der Waals surface area contributed by atoms with Gasteiger partial charge < -0.3 is 19.5 Å². The van der Waals surface area contributed by atoms with E-state index in [4.69, 9.17) is 20.9 Å². The molecule has 2 heterocycles. The SMILES string of the molecule is COc1ccccc1NC(=O)N1CCC(c2nc(-c3ccc(Cl)cc3)no2)CC1. The van der Waals surface area contributed by atoms with E-state index >= 15 is 0 Å². The van der Waals surface area contributed by atoms with Crippen molar-refractivity contribution in [2.75, 3.05) is 25.5 Å². The Morgan fingerprint density at radius 2 is 1.90 bits per heavy atom. The highest BCUT2D eigenvalue weighted by molar-refractivity contribution is 6.30. The Labute approximate surface area is 173 Å². The van der Waals surface area contributed by atoms with Crippen LogP contribution in [0.5, 0.6) is 5.75 Å². The van der Waals surface area contributed by atoms with Gasteiger partial charge in [0.25, 0.3) is 0 Å². The van der Waals surface area contributed by atoms with Crippen LogP contribution in [0.4, 0.5) is 10.5 Å². The molecule has 0 spiro atoms. The number of hydrogen-bond donors (Lipinski definition) is 1. The molecule has 8 heteroatoms. The smallest absolute Gasteiger partial charge is 0.321 e. The number of methoxy groups -OCH3 is 1. The Kier molecular flexibility index (Phi) is 5.67. The van der Waals surface area contributed by atoms with Gasteiger partial charge in [0.1, 0.15) is 5.75 Å². The number of halogens is 1. The molecular formula is C21H21ClN4O3. The molecule has 1 fully saturated rings. The summed E-state index contributed by atoms with van der Waals surface area (Å²) < 4.78 is 10.8. The predicted molar refractivity (Wildman–Crippen MR) is 110 cm³/mol. The number of anilines is 1. The number of aromatic nitrogens is 2. The van der Waals surface area contributed by atoms with Crippen LogP contribution in [-0.2, 0) is 0 Å². The number of carbonyl (C=O) groups is 1. The Balaban J connectivity index is 1.36. The second-order valence-electron chi connectivity index (χ2n) is 6.85. The number of benzene rings is 2. The molecule has 0 saturated carbocycles. The third-order valence-electron chi connectivity index (χ3n) is 5.02. The van der Waals surface area contributed by atoms with Crippen LogP contribution in [0.3, 0.4) is 0 Å². The lowest BCUT2D eigenvalue weighted by Gasteiger charge is -2.30. The van der Waals surface area contributed by atoms with Gasteiger partial charge in [0.2, 0.25) is 11.7 Å². The molecule has 0 unspecified atom stereocenters. The second-order valence-corrected chi connectivity index (χ2v) is 7.29. The first-order valence-electron chi connectivity index (χ1n) is 9.42. The number of piperidine rings is 1. The molecular weight excluding hydrogens is 392 g/mol. The third kappa shape index (κ3) is 4.35. The van der Waals surface area contributed by atoms with E-state index in [1.807, 2.05) is 36.4 Å². The Morgan fingerprint density at radius 1 is 1.17 bits per heavy atom. The molecule has 0 radical (unpaired) electrons. The lowest BCUT2D eigenvalue weighted by atomic mass is 9.97. The van der Waals surface area contributed by atoms with Gasteiger partial charge in [-0.2, -0.15) is 4.98 Å². The van der Waals surface area contributed by atoms with Gasteiger partial charge in [-0.05, 0) is 49.2 Å². The zero-order chi connectivity index (χ0) is 20.2. The van der Waals surface area contributed by atoms with Crippen molar-refractivity contribution in [3.05, 3.63) is 59.4 Å². The van der Waals surface area contributed by atoms with Crippen LogP contribution >= 0.6 is 11.6 Å². The van der Waals surface area contributed by atoms with E-state index in [0.29, 0.717) is 41.3 Å². The molecule has 3 aromatic rings. The van der Waals surface area contributed by atoms with Crippen LogP contribution in [0.1, 0.15) is 24.7 Å². The first-order valence-corrected chi connectivity index (χ1v) is 9.80. The molecule has 2 amide bonds. The van der Waals surface area contributed by atoms with Gasteiger partial charge >= 0.3 is 6.03 Å². The summed E-state index contributed by atoms with van der Waals surface area (Å²) in [5.41, 5.74) is 1.52. The summed E-state index contributed by atoms with van der Waals surface area (Å²) >= 11 is 5.92. The van der Waals surface area contributed by atoms with Crippen molar-refractivity contribution in [1.29, 1.82) is 0 Å². The number of para-hydroxylation sites is 2. The summed E-state index contributed by atoms with van der Waals surface area (Å²) in [6.45, 7) is 1.23. The fourth-order valence-corrected chi connectivity index (χ4v) is 3.51. The van der Waals surface area contributed by atoms with E-state index in [-0.39, 0.29) is 11.9 Å². The second kappa shape index (κ2) is 8.53. The summed E-state index contributed by atoms with van der Waals surface area (Å²) in [4.78, 5) is 18.9. The fraction of sp³-hybridized carbons (Fsp3) is 0.286. The van der Waals surface area contributed by atoms with Crippen LogP contribution in [0.25, 0.3) is 11.4 Å². The van der Waals surface area contributed by atoms with Crippen molar-refractivity contribution in [3.8, 4) is 17.1 Å². The zero-order valence-electron chi connectivity index (χ0n) is 16.0. The van der Waals surface area contributed by atoms with E-state index in [0.717, 1.165) is 18.4 Å². The molecule has 0 bridgehead atoms. The molecule has 2 aromatic carbocycles. The van der Waals surface area contributed by atoms with E-state index in [1.165, 1.54) is 0 Å². The van der Waals surface area contributed by atoms with E-state index in [1.54, 1.807) is 24.1 Å². The van der Waals surface area contributed by atoms with Crippen LogP contribution in [0, 0.1) is 0 Å². The monoisotopic (exact) mass is 412 g/mol. The van der Waals surface area contributed by atoms with Crippen molar-refractivity contribution in [3.63, 3.8) is 0 Å². The van der Waals surface area contributed by atoms with Gasteiger partial charge in [0.15, 0.2) is 0 Å². The van der Waals surface area contributed by atoms with Gasteiger partial charge in [-0.25, -0.2) is 4.79 Å². The van der Waals surface area contributed by atoms with Crippen LogP contribution in [0.15, 0.2) is 53.1 Å². The summed E-state index contributed by atoms with van der Waals surface area (Å²) in [5.74, 6) is 1.93. The number of nitrogens with one attached hydrogen (secondary N) is 1. The van der Waals surface area contributed by atoms with Crippen molar-refractivity contribution in [1.82, 2.24) is 15.0 Å². The van der Waals surface area contributed by atoms with E-state index in [9.17, 15) is 4.79 Å². The lowest BCUT2D eigenvalue weighted by molar-refractivity contribution is 0.187. The molecule has 1 N–H and O–H groups in total. The minimum atomic E-state index is -0.139. The summed E-state index contributed by atoms with van der Waals surface area (Å²) in [6, 6.07) is 14.5. The molecule has 1 aliphatic heterocycles. The van der Waals surface area contributed by atoms with E-state index in [2.05, 4.69) is 15.5 Å². The molecule has 0 atom stereocenters. The van der Waals surface area contributed by atoms with E-state index < -0.39 is 0 Å². The fourth-order valence-electron chi connectivity index (χ4n) is 3.39. The topological polar surface area (TPSA) is 80.5 Å². The predicted octanol–water partition coefficient (Wildman–Crippen LogP) is 4.81. The normalized spacial score (nSPS) is 14.6. The van der Waals surface area contributed by atoms with Crippen molar-refractivity contribution in [2.24, 2.45) is 0 Å². The average molecular weight is 413 g/mol. The zero-order valence-corrected chi connectivity index (χ0v) is 16.7. The number of amides is 2. The van der Waals surface area contributed by atoms with Crippen LogP contribution in [0.2, 0.25) is 5.02 Å². The summed E-state index contributed by atoms with van der Waals surface area (Å²) in [7, 11) is 1.58. The molecule has 1 saturated heterocycles. The average Bonchev–Trinajstić information content (AvgIpc) is 3.25. The number of hydrogen-bond acceptors (Lipinski definition) is 5. The molecule has 150 valence electrons. The molecule has 7 nitrogen and oxygen atoms in total. The molecule has 1 aliphatic rings. The summed E-state index contributed by atoms with van der Waals surface area (Å²) in [5, 5.41) is 7.66. The maximum Gasteiger partial charge on any atom is 0.321 e. The van der Waals surface area contributed by atoms with Crippen molar-refractivity contribution < 1.29 is 14.1 Å². The highest BCUT2D eigenvalue weighted by Gasteiger charge is 2.28.